The number of benzene rings is 4. The monoisotopic (exact) mass is 670 g/mol. The van der Waals surface area contributed by atoms with Crippen LogP contribution in [0.1, 0.15) is 22.7 Å². The van der Waals surface area contributed by atoms with Gasteiger partial charge in [0.05, 0.1) is 28.0 Å². The number of fused-ring (bicyclic) bond motifs is 2. The number of nitrogens with zero attached hydrogens (tertiary/aromatic N) is 2. The average Bonchev–Trinajstić information content (AvgIpc) is 3.72. The molecule has 4 unspecified atom stereocenters. The van der Waals surface area contributed by atoms with Gasteiger partial charge in [-0.25, -0.2) is 4.90 Å². The van der Waals surface area contributed by atoms with Gasteiger partial charge in [0.15, 0.2) is 0 Å². The van der Waals surface area contributed by atoms with E-state index < -0.39 is 57.9 Å². The highest BCUT2D eigenvalue weighted by molar-refractivity contribution is 6.24. The Hall–Kier alpha value is -6.02. The fourth-order valence-corrected chi connectivity index (χ4v) is 6.95. The molecule has 5 aromatic rings. The molecule has 2 amide bonds. The molecule has 248 valence electrons. The molecule has 2 fully saturated rings. The van der Waals surface area contributed by atoms with E-state index in [1.807, 2.05) is 6.07 Å². The molecule has 2 aliphatic heterocycles. The normalized spacial score (nSPS) is 22.0. The number of carboxylic acid groups (broad SMARTS) is 1. The van der Waals surface area contributed by atoms with Crippen molar-refractivity contribution in [3.05, 3.63) is 130 Å². The first-order valence-corrected chi connectivity index (χ1v) is 15.0. The number of ether oxygens (including phenoxy) is 1. The van der Waals surface area contributed by atoms with Gasteiger partial charge < -0.3 is 14.8 Å². The molecule has 4 atom stereocenters. The number of non-ortho nitro benzene ring substituents is 1. The number of rotatable bonds is 8. The van der Waals surface area contributed by atoms with Crippen LogP contribution in [-0.4, -0.2) is 38.3 Å². The van der Waals surface area contributed by atoms with Crippen LogP contribution in [0.5, 0.6) is 11.5 Å². The van der Waals surface area contributed by atoms with E-state index in [9.17, 15) is 42.8 Å². The molecule has 1 aromatic heterocycles. The number of H-pyrrole nitrogens is 1. The van der Waals surface area contributed by atoms with Gasteiger partial charge in [-0.15, -0.1) is 0 Å². The second kappa shape index (κ2) is 11.6. The molecule has 0 saturated carbocycles. The highest BCUT2D eigenvalue weighted by Crippen LogP contribution is 2.52. The van der Waals surface area contributed by atoms with Gasteiger partial charge in [-0.3, -0.25) is 29.8 Å². The number of anilines is 1. The van der Waals surface area contributed by atoms with Gasteiger partial charge in [0.1, 0.15) is 17.0 Å². The van der Waals surface area contributed by atoms with Crippen molar-refractivity contribution in [1.82, 2.24) is 10.3 Å². The first-order valence-electron chi connectivity index (χ1n) is 15.0. The first kappa shape index (κ1) is 31.6. The van der Waals surface area contributed by atoms with Gasteiger partial charge in [0, 0.05) is 41.7 Å². The van der Waals surface area contributed by atoms with Crippen LogP contribution in [0.25, 0.3) is 10.9 Å². The number of hydrogen-bond donors (Lipinski definition) is 3. The van der Waals surface area contributed by atoms with Crippen LogP contribution in [-0.2, 0) is 27.0 Å². The van der Waals surface area contributed by atoms with Crippen molar-refractivity contribution in [2.45, 2.75) is 24.2 Å². The van der Waals surface area contributed by atoms with Crippen LogP contribution in [0.15, 0.2) is 103 Å². The zero-order valence-electron chi connectivity index (χ0n) is 25.2. The van der Waals surface area contributed by atoms with Gasteiger partial charge >= 0.3 is 12.1 Å². The van der Waals surface area contributed by atoms with Crippen molar-refractivity contribution in [2.24, 2.45) is 11.8 Å². The summed E-state index contributed by atoms with van der Waals surface area (Å²) in [5.41, 5.74) is -1.75. The number of carbonyl (C=O) groups is 3. The molecular formula is C35H25F3N4O7. The minimum atomic E-state index is -4.60. The fraction of sp³-hybridized carbons (Fsp3) is 0.171. The predicted octanol–water partition coefficient (Wildman–Crippen LogP) is 6.40. The van der Waals surface area contributed by atoms with E-state index >= 15 is 0 Å². The molecule has 0 radical (unpaired) electrons. The molecule has 0 aliphatic carbocycles. The lowest BCUT2D eigenvalue weighted by Crippen LogP contribution is -2.57. The first-order chi connectivity index (χ1) is 23.4. The minimum absolute atomic E-state index is 0.0784. The number of carboxylic acids is 1. The number of aliphatic carboxylic acids is 1. The van der Waals surface area contributed by atoms with Crippen molar-refractivity contribution in [1.29, 1.82) is 0 Å². The van der Waals surface area contributed by atoms with E-state index in [0.717, 1.165) is 28.6 Å². The molecule has 11 nitrogen and oxygen atoms in total. The molecule has 0 bridgehead atoms. The summed E-state index contributed by atoms with van der Waals surface area (Å²) < 4.78 is 45.8. The second-order valence-electron chi connectivity index (χ2n) is 11.9. The van der Waals surface area contributed by atoms with Crippen molar-refractivity contribution in [2.75, 3.05) is 4.90 Å². The number of nitro benzene ring substituents is 1. The quantitative estimate of drug-likeness (QED) is 0.0973. The van der Waals surface area contributed by atoms with Crippen LogP contribution in [0.2, 0.25) is 0 Å². The van der Waals surface area contributed by atoms with Crippen LogP contribution in [0.3, 0.4) is 0 Å². The Morgan fingerprint density at radius 3 is 2.39 bits per heavy atom. The lowest BCUT2D eigenvalue weighted by molar-refractivity contribution is -0.384. The third-order valence-corrected chi connectivity index (χ3v) is 9.09. The number of aromatic amines is 1. The summed E-state index contributed by atoms with van der Waals surface area (Å²) in [5.74, 6) is -5.74. The molecule has 4 aromatic carbocycles. The Kier molecular flexibility index (Phi) is 7.47. The highest BCUT2D eigenvalue weighted by atomic mass is 19.4. The molecule has 7 rings (SSSR count). The van der Waals surface area contributed by atoms with Crippen molar-refractivity contribution < 1.29 is 42.3 Å². The van der Waals surface area contributed by atoms with E-state index in [0.29, 0.717) is 16.5 Å². The van der Waals surface area contributed by atoms with E-state index in [1.165, 1.54) is 48.5 Å². The Morgan fingerprint density at radius 2 is 1.65 bits per heavy atom. The molecule has 2 aliphatic rings. The molecule has 49 heavy (non-hydrogen) atoms. The van der Waals surface area contributed by atoms with E-state index in [-0.39, 0.29) is 29.3 Å². The van der Waals surface area contributed by atoms with E-state index in [2.05, 4.69) is 10.3 Å². The van der Waals surface area contributed by atoms with Gasteiger partial charge in [-0.1, -0.05) is 42.5 Å². The van der Waals surface area contributed by atoms with Crippen LogP contribution in [0.4, 0.5) is 24.5 Å². The number of aromatic nitrogens is 1. The zero-order chi connectivity index (χ0) is 34.7. The van der Waals surface area contributed by atoms with E-state index in [1.54, 1.807) is 30.5 Å². The number of amides is 2. The fourth-order valence-electron chi connectivity index (χ4n) is 6.95. The minimum Gasteiger partial charge on any atom is -0.480 e. The largest absolute Gasteiger partial charge is 0.480 e. The average molecular weight is 671 g/mol. The topological polar surface area (TPSA) is 155 Å². The SMILES string of the molecule is O=C1C2C(c3cccc(Oc4cccc(C(F)(F)F)c4)c3)NC(Cc3c[nH]c4ccccc34)(C(=O)O)C2C(=O)N1c1cccc([N+](=O)[O-])c1. The van der Waals surface area contributed by atoms with Gasteiger partial charge in [-0.2, -0.15) is 13.2 Å². The van der Waals surface area contributed by atoms with Crippen LogP contribution < -0.4 is 15.0 Å². The number of halogens is 3. The third-order valence-electron chi connectivity index (χ3n) is 9.09. The third kappa shape index (κ3) is 5.35. The van der Waals surface area contributed by atoms with Crippen molar-refractivity contribution >= 4 is 40.1 Å². The maximum atomic E-state index is 14.3. The summed E-state index contributed by atoms with van der Waals surface area (Å²) in [7, 11) is 0. The van der Waals surface area contributed by atoms with Crippen molar-refractivity contribution in [3.63, 3.8) is 0 Å². The van der Waals surface area contributed by atoms with Crippen molar-refractivity contribution in [3.8, 4) is 11.5 Å². The Balaban J connectivity index is 1.32. The predicted molar refractivity (Wildman–Crippen MR) is 169 cm³/mol. The molecule has 0 spiro atoms. The Morgan fingerprint density at radius 1 is 0.939 bits per heavy atom. The molecule has 14 heteroatoms. The number of nitrogens with one attached hydrogen (secondary N) is 2. The number of para-hydroxylation sites is 1. The number of nitro groups is 1. The summed E-state index contributed by atoms with van der Waals surface area (Å²) in [4.78, 5) is 56.7. The summed E-state index contributed by atoms with van der Waals surface area (Å²) in [6.45, 7) is 0. The van der Waals surface area contributed by atoms with Crippen LogP contribution in [0, 0.1) is 22.0 Å². The highest BCUT2D eigenvalue weighted by Gasteiger charge is 2.68. The lowest BCUT2D eigenvalue weighted by Gasteiger charge is -2.31. The lowest BCUT2D eigenvalue weighted by atomic mass is 9.76. The van der Waals surface area contributed by atoms with Crippen LogP contribution >= 0.6 is 0 Å². The number of imide groups is 1. The summed E-state index contributed by atoms with van der Waals surface area (Å²) in [6, 6.07) is 21.4. The van der Waals surface area contributed by atoms with Gasteiger partial charge in [0.25, 0.3) is 5.69 Å². The number of alkyl halides is 3. The Labute approximate surface area is 275 Å². The summed E-state index contributed by atoms with van der Waals surface area (Å²) in [5, 5.41) is 26.3. The Bertz CT molecular complexity index is 2170. The second-order valence-corrected chi connectivity index (χ2v) is 11.9. The summed E-state index contributed by atoms with van der Waals surface area (Å²) >= 11 is 0. The maximum Gasteiger partial charge on any atom is 0.416 e. The number of hydrogen-bond acceptors (Lipinski definition) is 7. The molecule has 3 N–H and O–H groups in total. The number of carbonyl (C=O) groups excluding carboxylic acids is 2. The van der Waals surface area contributed by atoms with Gasteiger partial charge in [-0.05, 0) is 53.6 Å². The molecule has 2 saturated heterocycles. The zero-order valence-corrected chi connectivity index (χ0v) is 25.2. The molecule has 3 heterocycles. The molecular weight excluding hydrogens is 645 g/mol. The van der Waals surface area contributed by atoms with Gasteiger partial charge in [0.2, 0.25) is 11.8 Å². The standard InChI is InChI=1S/C35H25F3N4O7/c36-35(37,38)21-7-4-11-25(15-21)49-24-10-3-6-19(14-24)30-28-29(32(44)41(31(28)43)22-8-5-9-23(16-22)42(47)48)34(40-30,33(45)46)17-20-18-39-27-13-2-1-12-26(20)27/h1-16,18,28-30,39-40H,17H2,(H,45,46). The smallest absolute Gasteiger partial charge is 0.416 e. The van der Waals surface area contributed by atoms with E-state index in [4.69, 9.17) is 4.74 Å². The maximum absolute atomic E-state index is 14.3. The summed E-state index contributed by atoms with van der Waals surface area (Å²) in [6.07, 6.45) is -3.18.